The van der Waals surface area contributed by atoms with E-state index in [-0.39, 0.29) is 0 Å². The second-order valence-electron chi connectivity index (χ2n) is 6.62. The first-order valence-electron chi connectivity index (χ1n) is 7.28. The van der Waals surface area contributed by atoms with Gasteiger partial charge >= 0.3 is 23.9 Å². The quantitative estimate of drug-likeness (QED) is 0.537. The van der Waals surface area contributed by atoms with Gasteiger partial charge in [0, 0.05) is 0 Å². The Morgan fingerprint density at radius 3 is 1.61 bits per heavy atom. The van der Waals surface area contributed by atoms with Crippen LogP contribution in [0.15, 0.2) is 11.6 Å². The highest BCUT2D eigenvalue weighted by atomic mass is 16.4. The number of aliphatic carboxylic acids is 4. The summed E-state index contributed by atoms with van der Waals surface area (Å²) in [5.41, 5.74) is 0.649. The van der Waals surface area contributed by atoms with Crippen LogP contribution in [0.4, 0.5) is 0 Å². The van der Waals surface area contributed by atoms with Crippen molar-refractivity contribution in [3.8, 4) is 0 Å². The number of hydrogen-bond donors (Lipinski definition) is 4. The van der Waals surface area contributed by atoms with E-state index in [2.05, 4.69) is 0 Å². The largest absolute Gasteiger partial charge is 0.481 e. The first kappa shape index (κ1) is 15.5. The summed E-state index contributed by atoms with van der Waals surface area (Å²) in [5.74, 6) is -12.7. The van der Waals surface area contributed by atoms with Gasteiger partial charge in [-0.2, -0.15) is 0 Å². The van der Waals surface area contributed by atoms with Gasteiger partial charge in [0.15, 0.2) is 0 Å². The molecule has 2 bridgehead atoms. The van der Waals surface area contributed by atoms with Crippen molar-refractivity contribution in [1.82, 2.24) is 0 Å². The molecule has 0 amide bonds. The molecule has 0 aromatic carbocycles. The summed E-state index contributed by atoms with van der Waals surface area (Å²) in [6.07, 6.45) is 1.64. The highest BCUT2D eigenvalue weighted by Crippen LogP contribution is 2.66. The van der Waals surface area contributed by atoms with Crippen LogP contribution in [-0.4, -0.2) is 44.3 Å². The van der Waals surface area contributed by atoms with Crippen LogP contribution in [0, 0.1) is 47.3 Å². The van der Waals surface area contributed by atoms with Crippen molar-refractivity contribution >= 4 is 23.9 Å². The SMILES string of the molecule is CC1=C[C@H]2[C@H](C(=O)O)[C@H](C(=O)O)[C@H]1[C@@H]1[C@H](C(=O)O)[C@H](C(=O)O)[C@H]21. The molecule has 0 radical (unpaired) electrons. The molecule has 0 spiro atoms. The molecule has 23 heavy (non-hydrogen) atoms. The lowest BCUT2D eigenvalue weighted by molar-refractivity contribution is -0.207. The van der Waals surface area contributed by atoms with Gasteiger partial charge < -0.3 is 20.4 Å². The van der Waals surface area contributed by atoms with Gasteiger partial charge in [-0.05, 0) is 30.6 Å². The van der Waals surface area contributed by atoms with Crippen molar-refractivity contribution in [1.29, 1.82) is 0 Å². The second-order valence-corrected chi connectivity index (χ2v) is 6.62. The minimum Gasteiger partial charge on any atom is -0.481 e. The highest BCUT2D eigenvalue weighted by molar-refractivity contribution is 5.86. The van der Waals surface area contributed by atoms with Crippen molar-refractivity contribution in [2.24, 2.45) is 47.3 Å². The predicted octanol–water partition coefficient (Wildman–Crippen LogP) is 0.242. The average Bonchev–Trinajstić information content (AvgIpc) is 2.36. The van der Waals surface area contributed by atoms with Crippen LogP contribution in [0.25, 0.3) is 0 Å². The molecule has 4 N–H and O–H groups in total. The summed E-state index contributed by atoms with van der Waals surface area (Å²) >= 11 is 0. The minimum atomic E-state index is -1.28. The summed E-state index contributed by atoms with van der Waals surface area (Å²) in [7, 11) is 0. The molecule has 2 saturated carbocycles. The molecule has 4 aliphatic carbocycles. The summed E-state index contributed by atoms with van der Waals surface area (Å²) in [6, 6.07) is 0. The van der Waals surface area contributed by atoms with E-state index in [0.29, 0.717) is 5.57 Å². The van der Waals surface area contributed by atoms with Gasteiger partial charge in [-0.25, -0.2) is 0 Å². The van der Waals surface area contributed by atoms with Crippen molar-refractivity contribution < 1.29 is 39.6 Å². The Hall–Kier alpha value is -2.38. The normalized spacial score (nSPS) is 43.8. The Morgan fingerprint density at radius 2 is 1.17 bits per heavy atom. The van der Waals surface area contributed by atoms with Crippen LogP contribution in [0.3, 0.4) is 0 Å². The maximum absolute atomic E-state index is 11.6. The Bertz CT molecular complexity index is 650. The van der Waals surface area contributed by atoms with E-state index in [1.165, 1.54) is 0 Å². The molecule has 2 fully saturated rings. The first-order valence-corrected chi connectivity index (χ1v) is 7.28. The number of hydrogen-bond acceptors (Lipinski definition) is 4. The second kappa shape index (κ2) is 4.81. The molecule has 8 nitrogen and oxygen atoms in total. The van der Waals surface area contributed by atoms with Crippen LogP contribution in [0.5, 0.6) is 0 Å². The van der Waals surface area contributed by atoms with Crippen LogP contribution in [-0.2, 0) is 19.2 Å². The van der Waals surface area contributed by atoms with E-state index >= 15 is 0 Å². The van der Waals surface area contributed by atoms with E-state index in [1.807, 2.05) is 0 Å². The van der Waals surface area contributed by atoms with Crippen LogP contribution >= 0.6 is 0 Å². The molecule has 124 valence electrons. The van der Waals surface area contributed by atoms with Gasteiger partial charge in [0.25, 0.3) is 0 Å². The number of carboxylic acid groups (broad SMARTS) is 4. The van der Waals surface area contributed by atoms with Gasteiger partial charge in [0.2, 0.25) is 0 Å². The lowest BCUT2D eigenvalue weighted by Gasteiger charge is -2.63. The lowest BCUT2D eigenvalue weighted by Crippen LogP contribution is -2.68. The molecule has 0 heterocycles. The minimum absolute atomic E-state index is 0.639. The summed E-state index contributed by atoms with van der Waals surface area (Å²) in [5, 5.41) is 37.6. The molecule has 0 unspecified atom stereocenters. The van der Waals surface area contributed by atoms with Crippen LogP contribution in [0.2, 0.25) is 0 Å². The van der Waals surface area contributed by atoms with Gasteiger partial charge in [-0.3, -0.25) is 19.2 Å². The number of carbonyl (C=O) groups is 4. The topological polar surface area (TPSA) is 149 Å². The van der Waals surface area contributed by atoms with Crippen molar-refractivity contribution in [3.63, 3.8) is 0 Å². The van der Waals surface area contributed by atoms with E-state index < -0.39 is 71.2 Å². The fourth-order valence-corrected chi connectivity index (χ4v) is 5.19. The average molecular weight is 324 g/mol. The summed E-state index contributed by atoms with van der Waals surface area (Å²) in [4.78, 5) is 46.1. The number of fused-ring (bicyclic) bond motifs is 1. The molecular formula is C15H16O8. The van der Waals surface area contributed by atoms with Gasteiger partial charge in [0.1, 0.15) is 0 Å². The first-order chi connectivity index (χ1) is 10.7. The van der Waals surface area contributed by atoms with Gasteiger partial charge in [0.05, 0.1) is 23.7 Å². The van der Waals surface area contributed by atoms with Gasteiger partial charge in [-0.1, -0.05) is 11.6 Å². The zero-order valence-electron chi connectivity index (χ0n) is 12.1. The van der Waals surface area contributed by atoms with E-state index in [1.54, 1.807) is 13.0 Å². The predicted molar refractivity (Wildman–Crippen MR) is 72.2 cm³/mol. The molecular weight excluding hydrogens is 308 g/mol. The summed E-state index contributed by atoms with van der Waals surface area (Å²) < 4.78 is 0. The lowest BCUT2D eigenvalue weighted by atomic mass is 9.38. The number of rotatable bonds is 4. The molecule has 4 rings (SSSR count). The van der Waals surface area contributed by atoms with E-state index in [0.717, 1.165) is 0 Å². The maximum Gasteiger partial charge on any atom is 0.308 e. The third-order valence-electron chi connectivity index (χ3n) is 5.83. The summed E-state index contributed by atoms with van der Waals surface area (Å²) in [6.45, 7) is 1.66. The standard InChI is InChI=1S/C15H16O8/c1-3-2-4-6-8(11(15(22)23)10(6)14(20)21)5(3)9(13(18)19)7(4)12(16)17/h2,4-11H,1H3,(H,16,17)(H,18,19)(H,20,21)(H,22,23)/t4-,5-,6-,7+,8+,9-,10-,11+/m1/s1. The highest BCUT2D eigenvalue weighted by Gasteiger charge is 2.71. The molecule has 0 aromatic rings. The Balaban J connectivity index is 2.12. The van der Waals surface area contributed by atoms with Crippen LogP contribution < -0.4 is 0 Å². The third-order valence-corrected chi connectivity index (χ3v) is 5.83. The number of allylic oxidation sites excluding steroid dienone is 2. The monoisotopic (exact) mass is 324 g/mol. The zero-order chi connectivity index (χ0) is 17.2. The zero-order valence-corrected chi connectivity index (χ0v) is 12.1. The van der Waals surface area contributed by atoms with E-state index in [9.17, 15) is 39.6 Å². The molecule has 0 saturated heterocycles. The molecule has 0 aliphatic heterocycles. The molecule has 0 aromatic heterocycles. The fraction of sp³-hybridized carbons (Fsp3) is 0.600. The molecule has 8 atom stereocenters. The Morgan fingerprint density at radius 1 is 0.739 bits per heavy atom. The Kier molecular flexibility index (Phi) is 3.24. The third kappa shape index (κ3) is 1.83. The van der Waals surface area contributed by atoms with Crippen molar-refractivity contribution in [3.05, 3.63) is 11.6 Å². The molecule has 4 aliphatic rings. The van der Waals surface area contributed by atoms with E-state index in [4.69, 9.17) is 0 Å². The van der Waals surface area contributed by atoms with Crippen molar-refractivity contribution in [2.75, 3.05) is 0 Å². The van der Waals surface area contributed by atoms with Crippen molar-refractivity contribution in [2.45, 2.75) is 6.92 Å². The smallest absolute Gasteiger partial charge is 0.308 e. The van der Waals surface area contributed by atoms with Crippen LogP contribution in [0.1, 0.15) is 6.92 Å². The molecule has 8 heteroatoms. The maximum atomic E-state index is 11.6. The number of carboxylic acids is 4. The Labute approximate surface area is 130 Å². The van der Waals surface area contributed by atoms with Gasteiger partial charge in [-0.15, -0.1) is 0 Å². The fourth-order valence-electron chi connectivity index (χ4n) is 5.19.